The van der Waals surface area contributed by atoms with Crippen LogP contribution in [0.25, 0.3) is 53.8 Å². The summed E-state index contributed by atoms with van der Waals surface area (Å²) in [5.74, 6) is 1.19. The van der Waals surface area contributed by atoms with Crippen molar-refractivity contribution in [2.45, 2.75) is 64.6 Å². The average molecular weight is 941 g/mol. The molecule has 2 nitrogen and oxygen atoms in total. The van der Waals surface area contributed by atoms with Gasteiger partial charge in [0.2, 0.25) is 0 Å². The molecule has 0 spiro atoms. The maximum Gasteiger partial charge on any atom is 0.0798 e. The second-order valence-corrected chi connectivity index (χ2v) is 22.1. The van der Waals surface area contributed by atoms with Gasteiger partial charge in [0.05, 0.1) is 8.07 Å². The zero-order valence-corrected chi connectivity index (χ0v) is 36.9. The van der Waals surface area contributed by atoms with Crippen LogP contribution < -0.4 is 5.19 Å². The summed E-state index contributed by atoms with van der Waals surface area (Å²) in [5.41, 5.74) is 10.9. The van der Waals surface area contributed by atoms with E-state index in [-0.39, 0.29) is 20.1 Å². The molecule has 1 aliphatic rings. The summed E-state index contributed by atoms with van der Waals surface area (Å²) >= 11 is 1.83. The minimum Gasteiger partial charge on any atom is -0.305 e. The van der Waals surface area contributed by atoms with Crippen LogP contribution >= 0.6 is 11.3 Å². The quantitative estimate of drug-likeness (QED) is 0.112. The number of benzene rings is 5. The summed E-state index contributed by atoms with van der Waals surface area (Å²) in [6.45, 7) is 9.53. The smallest absolute Gasteiger partial charge is 0.0798 e. The van der Waals surface area contributed by atoms with Gasteiger partial charge < -0.3 is 9.97 Å². The Morgan fingerprint density at radius 2 is 1.45 bits per heavy atom. The summed E-state index contributed by atoms with van der Waals surface area (Å²) < 4.78 is 2.54. The maximum atomic E-state index is 4.75. The van der Waals surface area contributed by atoms with Crippen LogP contribution in [-0.4, -0.2) is 18.0 Å². The number of hydrogen-bond acceptors (Lipinski definition) is 3. The third-order valence-electron chi connectivity index (χ3n) is 11.1. The van der Waals surface area contributed by atoms with Gasteiger partial charge in [-0.3, -0.25) is 0 Å². The van der Waals surface area contributed by atoms with Gasteiger partial charge in [-0.1, -0.05) is 142 Å². The molecule has 5 aromatic carbocycles. The molecular formula is C51H48IrN2SSi-2. The molecule has 3 heterocycles. The molecule has 0 bridgehead atoms. The second-order valence-electron chi connectivity index (χ2n) is 16.0. The standard InChI is InChI=1S/C31H22NS.C20H26NSi.Ir/c1-21(22-9-4-2-5-10-22)24-17-18-32-29(20-24)27-14-8-13-26-28-19-25(23-11-6-3-7-12-23)15-16-30(28)33-31(26)27;1-22(2,3)20-15-21-19(17-11-5-4-6-12-17)14-18(20)13-16-9-7-8-10-16;/h2-13,15-21H,1H3;4-6,11,14-16H,7-10,13H2,1-3H3;/q2*-1;. The minimum absolute atomic E-state index is 0. The average Bonchev–Trinajstić information content (AvgIpc) is 3.89. The van der Waals surface area contributed by atoms with E-state index in [1.54, 1.807) is 10.8 Å². The third-order valence-corrected chi connectivity index (χ3v) is 14.4. The van der Waals surface area contributed by atoms with E-state index in [0.717, 1.165) is 28.4 Å². The summed E-state index contributed by atoms with van der Waals surface area (Å²) in [6, 6.07) is 53.9. The Labute approximate surface area is 351 Å². The SMILES string of the molecule is CC(c1ccccc1)c1ccnc(-c2[c-]ccc3c2sc2ccc(-c4ccccc4)cc23)c1.C[Si](C)(C)c1cnc(-c2[c-]cccc2)cc1CC1CCCC1.[Ir]. The van der Waals surface area contributed by atoms with E-state index in [4.69, 9.17) is 9.97 Å². The first kappa shape index (κ1) is 39.7. The Kier molecular flexibility index (Phi) is 12.6. The number of fused-ring (bicyclic) bond motifs is 3. The Bertz CT molecular complexity index is 2520. The summed E-state index contributed by atoms with van der Waals surface area (Å²) in [4.78, 5) is 9.50. The predicted molar refractivity (Wildman–Crippen MR) is 238 cm³/mol. The summed E-state index contributed by atoms with van der Waals surface area (Å²) in [5, 5.41) is 4.10. The predicted octanol–water partition coefficient (Wildman–Crippen LogP) is 13.6. The van der Waals surface area contributed by atoms with Crippen molar-refractivity contribution in [3.05, 3.63) is 175 Å². The molecule has 1 atom stereocenters. The summed E-state index contributed by atoms with van der Waals surface area (Å²) in [6.07, 6.45) is 11.0. The molecule has 8 aromatic rings. The van der Waals surface area contributed by atoms with Crippen LogP contribution in [0.3, 0.4) is 0 Å². The van der Waals surface area contributed by atoms with Gasteiger partial charge in [-0.15, -0.1) is 59.7 Å². The van der Waals surface area contributed by atoms with Gasteiger partial charge in [-0.05, 0) is 79.5 Å². The molecule has 0 saturated heterocycles. The first-order chi connectivity index (χ1) is 26.8. The number of rotatable bonds is 8. The maximum absolute atomic E-state index is 4.75. The molecule has 0 N–H and O–H groups in total. The van der Waals surface area contributed by atoms with E-state index in [1.165, 1.54) is 74.5 Å². The van der Waals surface area contributed by atoms with E-state index >= 15 is 0 Å². The Hall–Kier alpha value is -4.51. The van der Waals surface area contributed by atoms with Crippen molar-refractivity contribution in [2.24, 2.45) is 5.92 Å². The molecular weight excluding hydrogens is 893 g/mol. The monoisotopic (exact) mass is 941 g/mol. The molecule has 1 fully saturated rings. The van der Waals surface area contributed by atoms with Gasteiger partial charge in [-0.25, -0.2) is 0 Å². The van der Waals surface area contributed by atoms with Gasteiger partial charge in [0.25, 0.3) is 0 Å². The van der Waals surface area contributed by atoms with Crippen molar-refractivity contribution in [3.8, 4) is 33.6 Å². The molecule has 1 radical (unpaired) electrons. The van der Waals surface area contributed by atoms with Crippen LogP contribution in [-0.2, 0) is 26.5 Å². The molecule has 9 rings (SSSR count). The molecule has 1 saturated carbocycles. The normalized spacial score (nSPS) is 13.6. The minimum atomic E-state index is -1.35. The first-order valence-electron chi connectivity index (χ1n) is 19.7. The Morgan fingerprint density at radius 3 is 2.18 bits per heavy atom. The zero-order chi connectivity index (χ0) is 37.8. The fraction of sp³-hybridized carbons (Fsp3) is 0.216. The molecule has 5 heteroatoms. The van der Waals surface area contributed by atoms with E-state index in [9.17, 15) is 0 Å². The fourth-order valence-corrected chi connectivity index (χ4v) is 10.9. The van der Waals surface area contributed by atoms with E-state index in [0.29, 0.717) is 5.92 Å². The Balaban J connectivity index is 0.000000183. The van der Waals surface area contributed by atoms with E-state index < -0.39 is 8.07 Å². The fourth-order valence-electron chi connectivity index (χ4n) is 8.10. The number of thiophene rings is 1. The molecule has 1 aliphatic carbocycles. The largest absolute Gasteiger partial charge is 0.305 e. The van der Waals surface area contributed by atoms with Gasteiger partial charge in [-0.2, -0.15) is 11.3 Å². The van der Waals surface area contributed by atoms with Crippen molar-refractivity contribution in [1.29, 1.82) is 0 Å². The van der Waals surface area contributed by atoms with E-state index in [2.05, 4.69) is 160 Å². The third kappa shape index (κ3) is 8.88. The number of aromatic nitrogens is 2. The zero-order valence-electron chi connectivity index (χ0n) is 32.7. The summed E-state index contributed by atoms with van der Waals surface area (Å²) in [7, 11) is -1.35. The molecule has 0 amide bonds. The number of pyridine rings is 2. The molecule has 3 aromatic heterocycles. The second kappa shape index (κ2) is 17.7. The van der Waals surface area contributed by atoms with Crippen molar-refractivity contribution in [3.63, 3.8) is 0 Å². The van der Waals surface area contributed by atoms with Crippen LogP contribution in [0.4, 0.5) is 0 Å². The van der Waals surface area contributed by atoms with Gasteiger partial charge >= 0.3 is 0 Å². The van der Waals surface area contributed by atoms with Crippen molar-refractivity contribution in [1.82, 2.24) is 9.97 Å². The molecule has 1 unspecified atom stereocenters. The molecule has 56 heavy (non-hydrogen) atoms. The number of hydrogen-bond donors (Lipinski definition) is 0. The first-order valence-corrected chi connectivity index (χ1v) is 24.0. The van der Waals surface area contributed by atoms with Gasteiger partial charge in [0.15, 0.2) is 0 Å². The van der Waals surface area contributed by atoms with E-state index in [1.807, 2.05) is 35.7 Å². The van der Waals surface area contributed by atoms with Gasteiger partial charge in [0, 0.05) is 43.1 Å². The van der Waals surface area contributed by atoms with Crippen molar-refractivity contribution < 1.29 is 20.1 Å². The topological polar surface area (TPSA) is 25.8 Å². The van der Waals surface area contributed by atoms with Crippen LogP contribution in [0.5, 0.6) is 0 Å². The molecule has 0 aliphatic heterocycles. The van der Waals surface area contributed by atoms with Crippen molar-refractivity contribution >= 4 is 44.8 Å². The Morgan fingerprint density at radius 1 is 0.696 bits per heavy atom. The number of nitrogens with zero attached hydrogens (tertiary/aromatic N) is 2. The van der Waals surface area contributed by atoms with Crippen LogP contribution in [0.2, 0.25) is 19.6 Å². The van der Waals surface area contributed by atoms with Crippen LogP contribution in [0.1, 0.15) is 55.2 Å². The molecule has 283 valence electrons. The van der Waals surface area contributed by atoms with Crippen molar-refractivity contribution in [2.75, 3.05) is 0 Å². The van der Waals surface area contributed by atoms with Gasteiger partial charge in [0.1, 0.15) is 0 Å². The van der Waals surface area contributed by atoms with Crippen LogP contribution in [0.15, 0.2) is 146 Å². The van der Waals surface area contributed by atoms with Crippen LogP contribution in [0, 0.1) is 18.1 Å².